The maximum atomic E-state index is 11.6. The van der Waals surface area contributed by atoms with Gasteiger partial charge in [-0.2, -0.15) is 0 Å². The Morgan fingerprint density at radius 1 is 1.39 bits per heavy atom. The van der Waals surface area contributed by atoms with Crippen LogP contribution in [0.3, 0.4) is 0 Å². The van der Waals surface area contributed by atoms with E-state index in [4.69, 9.17) is 17.3 Å². The Kier molecular flexibility index (Phi) is 7.35. The molecule has 0 spiro atoms. The Bertz CT molecular complexity index is 438. The van der Waals surface area contributed by atoms with Gasteiger partial charge in [-0.3, -0.25) is 9.59 Å². The van der Waals surface area contributed by atoms with Gasteiger partial charge in [-0.1, -0.05) is 11.6 Å². The summed E-state index contributed by atoms with van der Waals surface area (Å²) in [4.78, 5) is 23.0. The van der Waals surface area contributed by atoms with E-state index in [2.05, 4.69) is 10.6 Å². The number of rotatable bonds is 4. The van der Waals surface area contributed by atoms with Gasteiger partial charge in [-0.05, 0) is 18.2 Å². The molecule has 0 fully saturated rings. The van der Waals surface area contributed by atoms with Crippen LogP contribution in [0.1, 0.15) is 16.8 Å². The highest BCUT2D eigenvalue weighted by atomic mass is 35.5. The standard InChI is InChI=1S/C11H14ClN3O2.ClH/c1-14-11(17)8-6-7(12)2-3-9(8)15-10(16)4-5-13;/h2-3,6H,4-5,13H2,1H3,(H,14,17)(H,15,16);1H. The quantitative estimate of drug-likeness (QED) is 0.784. The lowest BCUT2D eigenvalue weighted by Crippen LogP contribution is -2.22. The van der Waals surface area contributed by atoms with E-state index in [1.165, 1.54) is 13.1 Å². The van der Waals surface area contributed by atoms with Crippen molar-refractivity contribution in [3.63, 3.8) is 0 Å². The molecule has 1 aromatic rings. The van der Waals surface area contributed by atoms with Crippen LogP contribution in [0.4, 0.5) is 5.69 Å². The Balaban J connectivity index is 0.00000289. The summed E-state index contributed by atoms with van der Waals surface area (Å²) in [5.41, 5.74) is 6.02. The number of carbonyl (C=O) groups is 2. The van der Waals surface area contributed by atoms with E-state index in [9.17, 15) is 9.59 Å². The minimum Gasteiger partial charge on any atom is -0.355 e. The third-order valence-electron chi connectivity index (χ3n) is 2.10. The first-order valence-corrected chi connectivity index (χ1v) is 5.48. The minimum atomic E-state index is -0.310. The first-order valence-electron chi connectivity index (χ1n) is 5.10. The largest absolute Gasteiger partial charge is 0.355 e. The summed E-state index contributed by atoms with van der Waals surface area (Å²) < 4.78 is 0. The van der Waals surface area contributed by atoms with E-state index in [0.717, 1.165) is 0 Å². The van der Waals surface area contributed by atoms with E-state index in [1.54, 1.807) is 12.1 Å². The van der Waals surface area contributed by atoms with Gasteiger partial charge >= 0.3 is 0 Å². The molecule has 0 aliphatic rings. The molecule has 0 unspecified atom stereocenters. The zero-order valence-electron chi connectivity index (χ0n) is 9.83. The maximum absolute atomic E-state index is 11.6. The fourth-order valence-corrected chi connectivity index (χ4v) is 1.46. The molecule has 100 valence electrons. The molecule has 5 nitrogen and oxygen atoms in total. The van der Waals surface area contributed by atoms with Crippen molar-refractivity contribution in [1.29, 1.82) is 0 Å². The Morgan fingerprint density at radius 2 is 2.06 bits per heavy atom. The van der Waals surface area contributed by atoms with Gasteiger partial charge in [-0.25, -0.2) is 0 Å². The van der Waals surface area contributed by atoms with Crippen LogP contribution >= 0.6 is 24.0 Å². The molecule has 1 rings (SSSR count). The van der Waals surface area contributed by atoms with Crippen LogP contribution in [0.25, 0.3) is 0 Å². The first-order chi connectivity index (χ1) is 8.08. The normalized spacial score (nSPS) is 9.28. The molecular formula is C11H15Cl2N3O2. The van der Waals surface area contributed by atoms with Crippen molar-refractivity contribution < 1.29 is 9.59 Å². The first kappa shape index (κ1) is 16.7. The van der Waals surface area contributed by atoms with Gasteiger partial charge in [0.1, 0.15) is 0 Å². The average molecular weight is 292 g/mol. The van der Waals surface area contributed by atoms with Crippen molar-refractivity contribution >= 4 is 41.5 Å². The van der Waals surface area contributed by atoms with Gasteiger partial charge in [0.25, 0.3) is 5.91 Å². The summed E-state index contributed by atoms with van der Waals surface area (Å²) in [6.07, 6.45) is 0.204. The molecule has 1 aromatic carbocycles. The lowest BCUT2D eigenvalue weighted by Gasteiger charge is -2.10. The van der Waals surface area contributed by atoms with Crippen LogP contribution in [0.5, 0.6) is 0 Å². The van der Waals surface area contributed by atoms with Crippen LogP contribution in [0.2, 0.25) is 5.02 Å². The number of anilines is 1. The smallest absolute Gasteiger partial charge is 0.253 e. The second-order valence-electron chi connectivity index (χ2n) is 3.36. The van der Waals surface area contributed by atoms with Gasteiger partial charge in [0.15, 0.2) is 0 Å². The Hall–Kier alpha value is -1.30. The lowest BCUT2D eigenvalue weighted by molar-refractivity contribution is -0.116. The average Bonchev–Trinajstić information content (AvgIpc) is 2.30. The van der Waals surface area contributed by atoms with Gasteiger partial charge in [0.05, 0.1) is 11.3 Å². The van der Waals surface area contributed by atoms with Gasteiger partial charge < -0.3 is 16.4 Å². The summed E-state index contributed by atoms with van der Waals surface area (Å²) >= 11 is 5.80. The number of hydrogen-bond donors (Lipinski definition) is 3. The zero-order valence-corrected chi connectivity index (χ0v) is 11.4. The molecule has 0 aliphatic carbocycles. The van der Waals surface area contributed by atoms with Crippen LogP contribution in [0, 0.1) is 0 Å². The molecule has 18 heavy (non-hydrogen) atoms. The number of carbonyl (C=O) groups excluding carboxylic acids is 2. The topological polar surface area (TPSA) is 84.2 Å². The number of amides is 2. The fraction of sp³-hybridized carbons (Fsp3) is 0.273. The molecule has 4 N–H and O–H groups in total. The summed E-state index contributed by atoms with van der Waals surface area (Å²) in [6.45, 7) is 0.259. The molecule has 0 radical (unpaired) electrons. The lowest BCUT2D eigenvalue weighted by atomic mass is 10.1. The van der Waals surface area contributed by atoms with Crippen LogP contribution < -0.4 is 16.4 Å². The zero-order chi connectivity index (χ0) is 12.8. The summed E-state index contributed by atoms with van der Waals surface area (Å²) in [5, 5.41) is 5.53. The van der Waals surface area contributed by atoms with Crippen molar-refractivity contribution in [2.75, 3.05) is 18.9 Å². The van der Waals surface area contributed by atoms with Crippen molar-refractivity contribution in [2.45, 2.75) is 6.42 Å². The molecule has 0 atom stereocenters. The van der Waals surface area contributed by atoms with Gasteiger partial charge in [-0.15, -0.1) is 12.4 Å². The third-order valence-corrected chi connectivity index (χ3v) is 2.33. The highest BCUT2D eigenvalue weighted by molar-refractivity contribution is 6.31. The minimum absolute atomic E-state index is 0. The summed E-state index contributed by atoms with van der Waals surface area (Å²) in [5.74, 6) is -0.546. The molecule has 2 amide bonds. The van der Waals surface area contributed by atoms with E-state index >= 15 is 0 Å². The third kappa shape index (κ3) is 4.52. The predicted octanol–water partition coefficient (Wildman–Crippen LogP) is 1.41. The van der Waals surface area contributed by atoms with Crippen molar-refractivity contribution in [3.8, 4) is 0 Å². The number of nitrogens with one attached hydrogen (secondary N) is 2. The Morgan fingerprint density at radius 3 is 2.61 bits per heavy atom. The van der Waals surface area contributed by atoms with E-state index in [1.807, 2.05) is 0 Å². The molecule has 0 aromatic heterocycles. The van der Waals surface area contributed by atoms with Crippen molar-refractivity contribution in [2.24, 2.45) is 5.73 Å². The fourth-order valence-electron chi connectivity index (χ4n) is 1.29. The molecule has 0 heterocycles. The number of benzene rings is 1. The number of hydrogen-bond acceptors (Lipinski definition) is 3. The second kappa shape index (κ2) is 7.92. The molecular weight excluding hydrogens is 277 g/mol. The number of halogens is 2. The Labute approximate surface area is 116 Å². The maximum Gasteiger partial charge on any atom is 0.253 e. The highest BCUT2D eigenvalue weighted by Gasteiger charge is 2.12. The SMILES string of the molecule is CNC(=O)c1cc(Cl)ccc1NC(=O)CCN.Cl. The molecule has 0 saturated heterocycles. The van der Waals surface area contributed by atoms with E-state index < -0.39 is 0 Å². The highest BCUT2D eigenvalue weighted by Crippen LogP contribution is 2.20. The van der Waals surface area contributed by atoms with E-state index in [0.29, 0.717) is 16.3 Å². The molecule has 7 heteroatoms. The summed E-state index contributed by atoms with van der Waals surface area (Å²) in [6, 6.07) is 4.69. The van der Waals surface area contributed by atoms with Crippen molar-refractivity contribution in [3.05, 3.63) is 28.8 Å². The number of nitrogens with two attached hydrogens (primary N) is 1. The van der Waals surface area contributed by atoms with Gasteiger partial charge in [0, 0.05) is 25.0 Å². The summed E-state index contributed by atoms with van der Waals surface area (Å²) in [7, 11) is 1.51. The van der Waals surface area contributed by atoms with Gasteiger partial charge in [0.2, 0.25) is 5.91 Å². The monoisotopic (exact) mass is 291 g/mol. The molecule has 0 bridgehead atoms. The predicted molar refractivity (Wildman–Crippen MR) is 74.4 cm³/mol. The van der Waals surface area contributed by atoms with E-state index in [-0.39, 0.29) is 37.2 Å². The second-order valence-corrected chi connectivity index (χ2v) is 3.79. The van der Waals surface area contributed by atoms with Crippen LogP contribution in [0.15, 0.2) is 18.2 Å². The van der Waals surface area contributed by atoms with Crippen molar-refractivity contribution in [1.82, 2.24) is 5.32 Å². The van der Waals surface area contributed by atoms with Crippen LogP contribution in [-0.2, 0) is 4.79 Å². The van der Waals surface area contributed by atoms with Crippen LogP contribution in [-0.4, -0.2) is 25.4 Å². The molecule has 0 saturated carbocycles. The molecule has 0 aliphatic heterocycles.